The summed E-state index contributed by atoms with van der Waals surface area (Å²) in [6, 6.07) is 0. The highest BCUT2D eigenvalue weighted by atomic mass is 32.2. The minimum Gasteiger partial charge on any atom is -0.359 e. The van der Waals surface area contributed by atoms with Crippen LogP contribution in [0.5, 0.6) is 0 Å². The molecule has 1 rings (SSSR count). The van der Waals surface area contributed by atoms with Crippen LogP contribution >= 0.6 is 12.2 Å². The molecule has 0 saturated carbocycles. The Morgan fingerprint density at radius 3 is 2.62 bits per heavy atom. The molecular formula is C10H18N2O2S2. The number of rotatable bonds is 3. The average molecular weight is 262 g/mol. The van der Waals surface area contributed by atoms with Crippen LogP contribution in [0.4, 0.5) is 0 Å². The van der Waals surface area contributed by atoms with Gasteiger partial charge in [0.05, 0.1) is 17.0 Å². The Bertz CT molecular complexity index is 403. The quantitative estimate of drug-likeness (QED) is 0.576. The predicted octanol–water partition coefficient (Wildman–Crippen LogP) is 0.604. The van der Waals surface area contributed by atoms with E-state index in [1.807, 2.05) is 13.8 Å². The molecule has 0 radical (unpaired) electrons. The lowest BCUT2D eigenvalue weighted by atomic mass is 10.0. The molecule has 1 heterocycles. The van der Waals surface area contributed by atoms with Gasteiger partial charge in [-0.2, -0.15) is 0 Å². The van der Waals surface area contributed by atoms with Crippen molar-refractivity contribution in [3.8, 4) is 0 Å². The van der Waals surface area contributed by atoms with Crippen LogP contribution in [0.1, 0.15) is 20.3 Å². The molecule has 1 aliphatic heterocycles. The van der Waals surface area contributed by atoms with E-state index in [-0.39, 0.29) is 11.5 Å². The largest absolute Gasteiger partial charge is 0.359 e. The molecule has 16 heavy (non-hydrogen) atoms. The molecule has 0 amide bonds. The van der Waals surface area contributed by atoms with Crippen LogP contribution in [-0.2, 0) is 9.84 Å². The normalized spacial score (nSPS) is 27.4. The maximum atomic E-state index is 11.4. The van der Waals surface area contributed by atoms with Crippen LogP contribution in [0.3, 0.4) is 0 Å². The van der Waals surface area contributed by atoms with Crippen molar-refractivity contribution in [3.63, 3.8) is 0 Å². The molecule has 2 N–H and O–H groups in total. The van der Waals surface area contributed by atoms with Gasteiger partial charge in [-0.05, 0) is 32.5 Å². The summed E-state index contributed by atoms with van der Waals surface area (Å²) >= 11 is 5.10. The molecule has 0 aromatic carbocycles. The molecule has 0 spiro atoms. The molecule has 6 heteroatoms. The van der Waals surface area contributed by atoms with Crippen molar-refractivity contribution in [1.29, 1.82) is 0 Å². The smallest absolute Gasteiger partial charge is 0.167 e. The second-order valence-corrected chi connectivity index (χ2v) is 7.26. The van der Waals surface area contributed by atoms with Gasteiger partial charge < -0.3 is 10.6 Å². The molecule has 1 atom stereocenters. The van der Waals surface area contributed by atoms with E-state index in [2.05, 4.69) is 17.2 Å². The zero-order valence-electron chi connectivity index (χ0n) is 9.67. The number of thiocarbonyl (C=S) groups is 1. The molecule has 1 saturated heterocycles. The molecule has 0 aliphatic carbocycles. The van der Waals surface area contributed by atoms with Crippen molar-refractivity contribution in [3.05, 3.63) is 12.2 Å². The zero-order chi connectivity index (χ0) is 12.4. The monoisotopic (exact) mass is 262 g/mol. The molecular weight excluding hydrogens is 244 g/mol. The first-order valence-electron chi connectivity index (χ1n) is 5.13. The topological polar surface area (TPSA) is 58.2 Å². The van der Waals surface area contributed by atoms with Crippen LogP contribution in [0, 0.1) is 0 Å². The molecule has 0 aromatic heterocycles. The fraction of sp³-hybridized carbons (Fsp3) is 0.700. The maximum Gasteiger partial charge on any atom is 0.167 e. The standard InChI is InChI=1S/C10H18N2O2S2/c1-8(2)6-11-9(15)12-10(3)4-5-16(13,14)7-10/h1,4-7H2,2-3H3,(H2,11,12,15)/t10-/m0/s1. The third-order valence-corrected chi connectivity index (χ3v) is 4.62. The van der Waals surface area contributed by atoms with Crippen molar-refractivity contribution in [2.75, 3.05) is 18.1 Å². The third-order valence-electron chi connectivity index (χ3n) is 2.47. The number of sulfone groups is 1. The van der Waals surface area contributed by atoms with Crippen molar-refractivity contribution < 1.29 is 8.42 Å². The Labute approximate surface area is 102 Å². The summed E-state index contributed by atoms with van der Waals surface area (Å²) in [5.41, 5.74) is 0.547. The van der Waals surface area contributed by atoms with Gasteiger partial charge in [-0.15, -0.1) is 0 Å². The Hall–Kier alpha value is -0.620. The van der Waals surface area contributed by atoms with Crippen molar-refractivity contribution in [2.45, 2.75) is 25.8 Å². The number of nitrogens with one attached hydrogen (secondary N) is 2. The minimum atomic E-state index is -2.90. The van der Waals surface area contributed by atoms with E-state index in [1.165, 1.54) is 0 Å². The van der Waals surface area contributed by atoms with E-state index in [1.54, 1.807) is 0 Å². The van der Waals surface area contributed by atoms with Crippen molar-refractivity contribution in [1.82, 2.24) is 10.6 Å². The van der Waals surface area contributed by atoms with Gasteiger partial charge in [0.25, 0.3) is 0 Å². The van der Waals surface area contributed by atoms with Gasteiger partial charge in [0.2, 0.25) is 0 Å². The summed E-state index contributed by atoms with van der Waals surface area (Å²) in [5, 5.41) is 6.54. The summed E-state index contributed by atoms with van der Waals surface area (Å²) in [5.74, 6) is 0.383. The van der Waals surface area contributed by atoms with E-state index < -0.39 is 15.4 Å². The van der Waals surface area contributed by atoms with Crippen LogP contribution < -0.4 is 10.6 Å². The Balaban J connectivity index is 2.48. The zero-order valence-corrected chi connectivity index (χ0v) is 11.3. The van der Waals surface area contributed by atoms with Crippen LogP contribution in [-0.4, -0.2) is 37.1 Å². The van der Waals surface area contributed by atoms with Gasteiger partial charge in [-0.25, -0.2) is 8.42 Å². The first kappa shape index (κ1) is 13.4. The second kappa shape index (κ2) is 4.71. The van der Waals surface area contributed by atoms with Gasteiger partial charge in [-0.1, -0.05) is 12.2 Å². The minimum absolute atomic E-state index is 0.148. The maximum absolute atomic E-state index is 11.4. The predicted molar refractivity (Wildman–Crippen MR) is 70.2 cm³/mol. The summed E-state index contributed by atoms with van der Waals surface area (Å²) in [7, 11) is -2.90. The molecule has 0 aromatic rings. The molecule has 0 bridgehead atoms. The van der Waals surface area contributed by atoms with Gasteiger partial charge in [0, 0.05) is 6.54 Å². The summed E-state index contributed by atoms with van der Waals surface area (Å²) < 4.78 is 22.8. The SMILES string of the molecule is C=C(C)CNC(=S)N[C@@]1(C)CCS(=O)(=O)C1. The first-order chi connectivity index (χ1) is 7.22. The number of hydrogen-bond acceptors (Lipinski definition) is 3. The van der Waals surface area contributed by atoms with Gasteiger partial charge >= 0.3 is 0 Å². The molecule has 0 unspecified atom stereocenters. The average Bonchev–Trinajstić information content (AvgIpc) is 2.37. The van der Waals surface area contributed by atoms with Gasteiger partial charge in [0.15, 0.2) is 14.9 Å². The summed E-state index contributed by atoms with van der Waals surface area (Å²) in [4.78, 5) is 0. The van der Waals surface area contributed by atoms with Gasteiger partial charge in [0.1, 0.15) is 0 Å². The Morgan fingerprint density at radius 1 is 1.56 bits per heavy atom. The second-order valence-electron chi connectivity index (χ2n) is 4.67. The van der Waals surface area contributed by atoms with E-state index in [4.69, 9.17) is 12.2 Å². The van der Waals surface area contributed by atoms with Crippen LogP contribution in [0.15, 0.2) is 12.2 Å². The van der Waals surface area contributed by atoms with E-state index in [9.17, 15) is 8.42 Å². The fourth-order valence-corrected chi connectivity index (χ4v) is 4.07. The van der Waals surface area contributed by atoms with Crippen molar-refractivity contribution in [2.24, 2.45) is 0 Å². The Morgan fingerprint density at radius 2 is 2.19 bits per heavy atom. The first-order valence-corrected chi connectivity index (χ1v) is 7.36. The third kappa shape index (κ3) is 4.09. The molecule has 1 aliphatic rings. The van der Waals surface area contributed by atoms with Crippen LogP contribution in [0.25, 0.3) is 0 Å². The lowest BCUT2D eigenvalue weighted by Crippen LogP contribution is -2.51. The number of hydrogen-bond donors (Lipinski definition) is 2. The lowest BCUT2D eigenvalue weighted by molar-refractivity contribution is 0.469. The van der Waals surface area contributed by atoms with E-state index in [0.717, 1.165) is 5.57 Å². The van der Waals surface area contributed by atoms with Crippen LogP contribution in [0.2, 0.25) is 0 Å². The molecule has 4 nitrogen and oxygen atoms in total. The summed E-state index contributed by atoms with van der Waals surface area (Å²) in [6.45, 7) is 8.14. The Kier molecular flexibility index (Phi) is 3.96. The van der Waals surface area contributed by atoms with E-state index >= 15 is 0 Å². The highest BCUT2D eigenvalue weighted by Gasteiger charge is 2.38. The fourth-order valence-electron chi connectivity index (χ4n) is 1.66. The molecule has 92 valence electrons. The van der Waals surface area contributed by atoms with Gasteiger partial charge in [-0.3, -0.25) is 0 Å². The molecule has 1 fully saturated rings. The summed E-state index contributed by atoms with van der Waals surface area (Å²) in [6.07, 6.45) is 0.601. The van der Waals surface area contributed by atoms with E-state index in [0.29, 0.717) is 18.1 Å². The van der Waals surface area contributed by atoms with Crippen molar-refractivity contribution >= 4 is 27.2 Å². The lowest BCUT2D eigenvalue weighted by Gasteiger charge is -2.26. The highest BCUT2D eigenvalue weighted by molar-refractivity contribution is 7.91. The highest BCUT2D eigenvalue weighted by Crippen LogP contribution is 2.22.